The zero-order valence-corrected chi connectivity index (χ0v) is 14.9. The van der Waals surface area contributed by atoms with Crippen LogP contribution in [0.25, 0.3) is 11.5 Å². The highest BCUT2D eigenvalue weighted by Crippen LogP contribution is 2.36. The molecule has 0 aliphatic carbocycles. The van der Waals surface area contributed by atoms with Crippen LogP contribution >= 0.6 is 0 Å². The lowest BCUT2D eigenvalue weighted by atomic mass is 9.75. The van der Waals surface area contributed by atoms with Gasteiger partial charge in [0.2, 0.25) is 0 Å². The number of carbonyl (C=O) groups is 1. The van der Waals surface area contributed by atoms with Crippen LogP contribution in [0.3, 0.4) is 0 Å². The summed E-state index contributed by atoms with van der Waals surface area (Å²) in [7, 11) is 0. The Morgan fingerprint density at radius 1 is 1.11 bits per heavy atom. The number of aliphatic carboxylic acids is 1. The Bertz CT molecular complexity index is 911. The summed E-state index contributed by atoms with van der Waals surface area (Å²) in [6.45, 7) is 1.09. The van der Waals surface area contributed by atoms with Crippen molar-refractivity contribution in [2.45, 2.75) is 19.3 Å². The predicted molar refractivity (Wildman–Crippen MR) is 101 cm³/mol. The molecule has 3 aromatic rings. The molecule has 27 heavy (non-hydrogen) atoms. The van der Waals surface area contributed by atoms with Gasteiger partial charge < -0.3 is 14.5 Å². The second kappa shape index (κ2) is 7.23. The molecule has 1 aliphatic heterocycles. The Labute approximate surface area is 157 Å². The van der Waals surface area contributed by atoms with Crippen molar-refractivity contribution in [3.63, 3.8) is 0 Å². The maximum Gasteiger partial charge on any atom is 0.311 e. The molecule has 1 aromatic heterocycles. The third-order valence-electron chi connectivity index (χ3n) is 5.13. The van der Waals surface area contributed by atoms with Crippen molar-refractivity contribution in [1.82, 2.24) is 10.1 Å². The largest absolute Gasteiger partial charge is 0.481 e. The summed E-state index contributed by atoms with van der Waals surface area (Å²) >= 11 is 0. The highest BCUT2D eigenvalue weighted by atomic mass is 16.5. The van der Waals surface area contributed by atoms with E-state index in [9.17, 15) is 9.90 Å². The molecule has 2 aromatic carbocycles. The van der Waals surface area contributed by atoms with Crippen molar-refractivity contribution in [2.75, 3.05) is 18.0 Å². The smallest absolute Gasteiger partial charge is 0.311 e. The van der Waals surface area contributed by atoms with Crippen LogP contribution < -0.4 is 4.90 Å². The lowest BCUT2D eigenvalue weighted by Gasteiger charge is -2.39. The van der Waals surface area contributed by atoms with Crippen molar-refractivity contribution in [1.29, 1.82) is 0 Å². The number of carboxylic acids is 1. The first kappa shape index (κ1) is 17.3. The minimum atomic E-state index is -0.854. The molecule has 1 fully saturated rings. The van der Waals surface area contributed by atoms with Crippen molar-refractivity contribution < 1.29 is 14.4 Å². The Balaban J connectivity index is 1.58. The van der Waals surface area contributed by atoms with Crippen molar-refractivity contribution in [3.05, 3.63) is 66.2 Å². The maximum absolute atomic E-state index is 12.2. The first-order chi connectivity index (χ1) is 13.2. The number of hydrogen-bond donors (Lipinski definition) is 1. The topological polar surface area (TPSA) is 79.5 Å². The predicted octanol–water partition coefficient (Wildman–Crippen LogP) is 3.65. The SMILES string of the molecule is O=C(O)C1(Cc2ccccc2)CCCN(c2noc(-c3ccccc3)n2)C1. The molecule has 2 heterocycles. The fraction of sp³-hybridized carbons (Fsp3) is 0.286. The Hall–Kier alpha value is -3.15. The Kier molecular flexibility index (Phi) is 4.62. The fourth-order valence-electron chi connectivity index (χ4n) is 3.73. The number of piperidine rings is 1. The van der Waals surface area contributed by atoms with Gasteiger partial charge >= 0.3 is 5.97 Å². The highest BCUT2D eigenvalue weighted by Gasteiger charge is 2.43. The molecule has 1 N–H and O–H groups in total. The monoisotopic (exact) mass is 363 g/mol. The lowest BCUT2D eigenvalue weighted by molar-refractivity contribution is -0.149. The van der Waals surface area contributed by atoms with Gasteiger partial charge in [0.25, 0.3) is 11.8 Å². The van der Waals surface area contributed by atoms with Crippen LogP contribution in [0.5, 0.6) is 0 Å². The minimum Gasteiger partial charge on any atom is -0.481 e. The van der Waals surface area contributed by atoms with Crippen LogP contribution in [0.1, 0.15) is 18.4 Å². The van der Waals surface area contributed by atoms with E-state index < -0.39 is 11.4 Å². The van der Waals surface area contributed by atoms with E-state index in [1.54, 1.807) is 0 Å². The third kappa shape index (κ3) is 3.56. The van der Waals surface area contributed by atoms with E-state index in [-0.39, 0.29) is 0 Å². The summed E-state index contributed by atoms with van der Waals surface area (Å²) in [5, 5.41) is 14.1. The first-order valence-corrected chi connectivity index (χ1v) is 9.08. The molecule has 0 bridgehead atoms. The van der Waals surface area contributed by atoms with E-state index in [2.05, 4.69) is 10.1 Å². The first-order valence-electron chi connectivity index (χ1n) is 9.08. The molecule has 0 saturated carbocycles. The number of carboxylic acid groups (broad SMARTS) is 1. The summed E-state index contributed by atoms with van der Waals surface area (Å²) in [6.07, 6.45) is 1.90. The van der Waals surface area contributed by atoms with Crippen LogP contribution in [-0.4, -0.2) is 34.3 Å². The van der Waals surface area contributed by atoms with Crippen LogP contribution in [0, 0.1) is 5.41 Å². The number of rotatable bonds is 5. The highest BCUT2D eigenvalue weighted by molar-refractivity contribution is 5.76. The third-order valence-corrected chi connectivity index (χ3v) is 5.13. The molecule has 6 heteroatoms. The molecule has 1 saturated heterocycles. The van der Waals surface area contributed by atoms with Gasteiger partial charge in [-0.1, -0.05) is 48.5 Å². The van der Waals surface area contributed by atoms with Crippen LogP contribution in [0.15, 0.2) is 65.2 Å². The Morgan fingerprint density at radius 3 is 2.52 bits per heavy atom. The van der Waals surface area contributed by atoms with E-state index in [1.807, 2.05) is 65.6 Å². The van der Waals surface area contributed by atoms with Gasteiger partial charge in [-0.05, 0) is 42.1 Å². The summed E-state index contributed by atoms with van der Waals surface area (Å²) in [6, 6.07) is 19.3. The summed E-state index contributed by atoms with van der Waals surface area (Å²) in [4.78, 5) is 18.6. The number of nitrogens with zero attached hydrogens (tertiary/aromatic N) is 3. The molecule has 6 nitrogen and oxygen atoms in total. The zero-order chi connectivity index (χ0) is 18.7. The summed E-state index contributed by atoms with van der Waals surface area (Å²) in [5.74, 6) is 0.121. The number of aromatic nitrogens is 2. The van der Waals surface area contributed by atoms with Gasteiger partial charge in [0.1, 0.15) is 0 Å². The molecule has 0 spiro atoms. The van der Waals surface area contributed by atoms with Gasteiger partial charge in [-0.3, -0.25) is 4.79 Å². The van der Waals surface area contributed by atoms with E-state index in [4.69, 9.17) is 4.52 Å². The molecular weight excluding hydrogens is 342 g/mol. The van der Waals surface area contributed by atoms with Crippen molar-refractivity contribution in [2.24, 2.45) is 5.41 Å². The van der Waals surface area contributed by atoms with Gasteiger partial charge in [0, 0.05) is 18.7 Å². The second-order valence-corrected chi connectivity index (χ2v) is 7.04. The fourth-order valence-corrected chi connectivity index (χ4v) is 3.73. The molecule has 138 valence electrons. The van der Waals surface area contributed by atoms with Gasteiger partial charge in [-0.2, -0.15) is 4.98 Å². The molecule has 1 atom stereocenters. The standard InChI is InChI=1S/C21H21N3O3/c25-19(26)21(14-16-8-3-1-4-9-16)12-7-13-24(15-21)20-22-18(27-23-20)17-10-5-2-6-11-17/h1-6,8-11H,7,12-15H2,(H,25,26). The van der Waals surface area contributed by atoms with Gasteiger partial charge in [-0.15, -0.1) is 0 Å². The van der Waals surface area contributed by atoms with Gasteiger partial charge in [0.15, 0.2) is 0 Å². The number of benzene rings is 2. The Morgan fingerprint density at radius 2 is 1.81 bits per heavy atom. The molecule has 0 radical (unpaired) electrons. The normalized spacial score (nSPS) is 19.8. The average Bonchev–Trinajstić information content (AvgIpc) is 3.20. The van der Waals surface area contributed by atoms with Crippen molar-refractivity contribution >= 4 is 11.9 Å². The number of anilines is 1. The lowest BCUT2D eigenvalue weighted by Crippen LogP contribution is -2.49. The van der Waals surface area contributed by atoms with Crippen LogP contribution in [0.2, 0.25) is 0 Å². The molecule has 1 unspecified atom stereocenters. The quantitative estimate of drug-likeness (QED) is 0.745. The molecule has 0 amide bonds. The molecular formula is C21H21N3O3. The van der Waals surface area contributed by atoms with Crippen LogP contribution in [0.4, 0.5) is 5.95 Å². The number of hydrogen-bond acceptors (Lipinski definition) is 5. The van der Waals surface area contributed by atoms with E-state index in [0.29, 0.717) is 31.2 Å². The average molecular weight is 363 g/mol. The maximum atomic E-state index is 12.2. The zero-order valence-electron chi connectivity index (χ0n) is 14.9. The molecule has 4 rings (SSSR count). The summed E-state index contributed by atoms with van der Waals surface area (Å²) < 4.78 is 5.40. The van der Waals surface area contributed by atoms with E-state index >= 15 is 0 Å². The van der Waals surface area contributed by atoms with Crippen LogP contribution in [-0.2, 0) is 11.2 Å². The summed E-state index contributed by atoms with van der Waals surface area (Å²) in [5.41, 5.74) is 1.02. The molecule has 1 aliphatic rings. The minimum absolute atomic E-state index is 0.366. The van der Waals surface area contributed by atoms with Crippen molar-refractivity contribution in [3.8, 4) is 11.5 Å². The van der Waals surface area contributed by atoms with E-state index in [1.165, 1.54) is 0 Å². The van der Waals surface area contributed by atoms with Gasteiger partial charge in [0.05, 0.1) is 5.41 Å². The second-order valence-electron chi connectivity index (χ2n) is 7.04. The van der Waals surface area contributed by atoms with E-state index in [0.717, 1.165) is 24.1 Å². The van der Waals surface area contributed by atoms with Gasteiger partial charge in [-0.25, -0.2) is 0 Å².